The number of phenols is 1. The first kappa shape index (κ1) is 21.2. The van der Waals surface area contributed by atoms with Gasteiger partial charge in [-0.25, -0.2) is 0 Å². The zero-order chi connectivity index (χ0) is 21.6. The van der Waals surface area contributed by atoms with Crippen LogP contribution in [0.5, 0.6) is 11.5 Å². The molecule has 0 atom stereocenters. The van der Waals surface area contributed by atoms with E-state index >= 15 is 0 Å². The number of carbonyl (C=O) groups is 1. The number of methoxy groups -OCH3 is 1. The molecule has 1 fully saturated rings. The Bertz CT molecular complexity index is 1050. The Morgan fingerprint density at radius 1 is 1.13 bits per heavy atom. The number of amides is 1. The number of carbonyl (C=O) groups excluding carboxylic acids is 1. The molecule has 4 rings (SSSR count). The van der Waals surface area contributed by atoms with Crippen molar-refractivity contribution in [2.24, 2.45) is 0 Å². The molecule has 0 spiro atoms. The highest BCUT2D eigenvalue weighted by Gasteiger charge is 2.22. The minimum atomic E-state index is -0.00409. The van der Waals surface area contributed by atoms with Crippen molar-refractivity contribution in [1.82, 2.24) is 20.1 Å². The van der Waals surface area contributed by atoms with Crippen LogP contribution in [0.15, 0.2) is 53.7 Å². The Kier molecular flexibility index (Phi) is 6.76. The average molecular weight is 439 g/mol. The van der Waals surface area contributed by atoms with Gasteiger partial charge in [-0.3, -0.25) is 9.36 Å². The molecular formula is C23H26N4O3S. The molecular weight excluding hydrogens is 412 g/mol. The number of aromatic hydroxyl groups is 1. The third-order valence-electron chi connectivity index (χ3n) is 5.41. The van der Waals surface area contributed by atoms with Gasteiger partial charge in [-0.15, -0.1) is 10.2 Å². The van der Waals surface area contributed by atoms with Crippen LogP contribution in [0.3, 0.4) is 0 Å². The molecule has 1 aromatic heterocycles. The third kappa shape index (κ3) is 4.85. The predicted molar refractivity (Wildman–Crippen MR) is 121 cm³/mol. The number of thioether (sulfide) groups is 1. The summed E-state index contributed by atoms with van der Waals surface area (Å²) in [6.45, 7) is 0. The van der Waals surface area contributed by atoms with Crippen molar-refractivity contribution in [3.63, 3.8) is 0 Å². The second-order valence-corrected chi connectivity index (χ2v) is 8.46. The summed E-state index contributed by atoms with van der Waals surface area (Å²) in [5, 5.41) is 22.8. The standard InChI is InChI=1S/C23H26N4O3S/c1-30-20-14-8-6-12-18(20)27-22(17-11-5-7-13-19(17)28)25-26-23(27)31-15-21(29)24-16-9-3-2-4-10-16/h5-8,11-14,16,28H,2-4,9-10,15H2,1H3,(H,24,29). The lowest BCUT2D eigenvalue weighted by molar-refractivity contribution is -0.119. The number of hydrogen-bond acceptors (Lipinski definition) is 6. The lowest BCUT2D eigenvalue weighted by atomic mass is 9.95. The molecule has 2 N–H and O–H groups in total. The number of benzene rings is 2. The van der Waals surface area contributed by atoms with Crippen LogP contribution in [-0.4, -0.2) is 44.7 Å². The van der Waals surface area contributed by atoms with Crippen LogP contribution in [0.2, 0.25) is 0 Å². The first-order valence-electron chi connectivity index (χ1n) is 10.5. The predicted octanol–water partition coefficient (Wildman–Crippen LogP) is 4.19. The van der Waals surface area contributed by atoms with E-state index in [0.717, 1.165) is 18.5 Å². The summed E-state index contributed by atoms with van der Waals surface area (Å²) in [7, 11) is 1.60. The second-order valence-electron chi connectivity index (χ2n) is 7.52. The summed E-state index contributed by atoms with van der Waals surface area (Å²) in [5.74, 6) is 1.48. The van der Waals surface area contributed by atoms with Gasteiger partial charge in [0.25, 0.3) is 0 Å². The fourth-order valence-corrected chi connectivity index (χ4v) is 4.63. The van der Waals surface area contributed by atoms with Crippen LogP contribution < -0.4 is 10.1 Å². The van der Waals surface area contributed by atoms with E-state index in [-0.39, 0.29) is 23.5 Å². The summed E-state index contributed by atoms with van der Waals surface area (Å²) in [6, 6.07) is 14.8. The minimum Gasteiger partial charge on any atom is -0.507 e. The minimum absolute atomic E-state index is 0.00409. The second kappa shape index (κ2) is 9.87. The van der Waals surface area contributed by atoms with Crippen LogP contribution in [0.4, 0.5) is 0 Å². The van der Waals surface area contributed by atoms with E-state index in [2.05, 4.69) is 15.5 Å². The Morgan fingerprint density at radius 2 is 1.87 bits per heavy atom. The van der Waals surface area contributed by atoms with E-state index in [0.29, 0.717) is 22.3 Å². The van der Waals surface area contributed by atoms with Gasteiger partial charge in [0.15, 0.2) is 11.0 Å². The molecule has 1 aliphatic rings. The molecule has 0 saturated heterocycles. The summed E-state index contributed by atoms with van der Waals surface area (Å²) < 4.78 is 7.37. The number of para-hydroxylation sites is 3. The maximum Gasteiger partial charge on any atom is 0.230 e. The molecule has 1 heterocycles. The first-order chi connectivity index (χ1) is 15.2. The van der Waals surface area contributed by atoms with Crippen molar-refractivity contribution in [3.8, 4) is 28.6 Å². The first-order valence-corrected chi connectivity index (χ1v) is 11.4. The van der Waals surface area contributed by atoms with Crippen LogP contribution in [-0.2, 0) is 4.79 Å². The van der Waals surface area contributed by atoms with Crippen LogP contribution in [0.25, 0.3) is 17.1 Å². The maximum atomic E-state index is 12.5. The van der Waals surface area contributed by atoms with Gasteiger partial charge in [-0.1, -0.05) is 55.3 Å². The number of rotatable bonds is 7. The Morgan fingerprint density at radius 3 is 2.65 bits per heavy atom. The Balaban J connectivity index is 1.63. The van der Waals surface area contributed by atoms with Gasteiger partial charge in [0.1, 0.15) is 11.5 Å². The van der Waals surface area contributed by atoms with Gasteiger partial charge < -0.3 is 15.2 Å². The van der Waals surface area contributed by atoms with Crippen molar-refractivity contribution in [1.29, 1.82) is 0 Å². The van der Waals surface area contributed by atoms with E-state index in [9.17, 15) is 9.90 Å². The van der Waals surface area contributed by atoms with Crippen LogP contribution in [0.1, 0.15) is 32.1 Å². The molecule has 1 amide bonds. The zero-order valence-electron chi connectivity index (χ0n) is 17.5. The highest BCUT2D eigenvalue weighted by Crippen LogP contribution is 2.35. The fourth-order valence-electron chi connectivity index (χ4n) is 3.88. The van der Waals surface area contributed by atoms with E-state index in [1.54, 1.807) is 25.3 Å². The molecule has 0 radical (unpaired) electrons. The van der Waals surface area contributed by atoms with Gasteiger partial charge >= 0.3 is 0 Å². The van der Waals surface area contributed by atoms with Crippen molar-refractivity contribution < 1.29 is 14.6 Å². The number of aromatic nitrogens is 3. The average Bonchev–Trinajstić information content (AvgIpc) is 3.22. The van der Waals surface area contributed by atoms with Gasteiger partial charge in [0.2, 0.25) is 5.91 Å². The normalized spacial score (nSPS) is 14.4. The SMILES string of the molecule is COc1ccccc1-n1c(SCC(=O)NC2CCCCC2)nnc1-c1ccccc1O. The highest BCUT2D eigenvalue weighted by molar-refractivity contribution is 7.99. The van der Waals surface area contributed by atoms with Crippen molar-refractivity contribution >= 4 is 17.7 Å². The summed E-state index contributed by atoms with van der Waals surface area (Å²) in [6.07, 6.45) is 5.68. The van der Waals surface area contributed by atoms with Gasteiger partial charge in [0, 0.05) is 6.04 Å². The highest BCUT2D eigenvalue weighted by atomic mass is 32.2. The smallest absolute Gasteiger partial charge is 0.230 e. The largest absolute Gasteiger partial charge is 0.507 e. The summed E-state index contributed by atoms with van der Waals surface area (Å²) in [4.78, 5) is 12.5. The van der Waals surface area contributed by atoms with Crippen LogP contribution in [0, 0.1) is 0 Å². The van der Waals surface area contributed by atoms with Gasteiger partial charge in [-0.2, -0.15) is 0 Å². The van der Waals surface area contributed by atoms with Gasteiger partial charge in [-0.05, 0) is 37.1 Å². The zero-order valence-corrected chi connectivity index (χ0v) is 18.3. The van der Waals surface area contributed by atoms with E-state index in [4.69, 9.17) is 4.74 Å². The number of phenolic OH excluding ortho intramolecular Hbond substituents is 1. The topological polar surface area (TPSA) is 89.3 Å². The van der Waals surface area contributed by atoms with Crippen molar-refractivity contribution in [3.05, 3.63) is 48.5 Å². The fraction of sp³-hybridized carbons (Fsp3) is 0.348. The van der Waals surface area contributed by atoms with Crippen molar-refractivity contribution in [2.75, 3.05) is 12.9 Å². The van der Waals surface area contributed by atoms with Crippen LogP contribution >= 0.6 is 11.8 Å². The summed E-state index contributed by atoms with van der Waals surface area (Å²) in [5.41, 5.74) is 1.29. The Hall–Kier alpha value is -3.00. The molecule has 7 nitrogen and oxygen atoms in total. The number of ether oxygens (including phenoxy) is 1. The lowest BCUT2D eigenvalue weighted by Gasteiger charge is -2.22. The quantitative estimate of drug-likeness (QED) is 0.538. The molecule has 1 aliphatic carbocycles. The number of nitrogens with zero attached hydrogens (tertiary/aromatic N) is 3. The number of nitrogens with one attached hydrogen (secondary N) is 1. The van der Waals surface area contributed by atoms with E-state index < -0.39 is 0 Å². The maximum absolute atomic E-state index is 12.5. The molecule has 0 unspecified atom stereocenters. The van der Waals surface area contributed by atoms with E-state index in [1.165, 1.54) is 31.0 Å². The molecule has 2 aromatic carbocycles. The molecule has 3 aromatic rings. The van der Waals surface area contributed by atoms with Gasteiger partial charge in [0.05, 0.1) is 24.1 Å². The third-order valence-corrected chi connectivity index (χ3v) is 6.34. The molecule has 162 valence electrons. The molecule has 0 bridgehead atoms. The monoisotopic (exact) mass is 438 g/mol. The Labute approximate surface area is 185 Å². The van der Waals surface area contributed by atoms with Crippen molar-refractivity contribution in [2.45, 2.75) is 43.3 Å². The lowest BCUT2D eigenvalue weighted by Crippen LogP contribution is -2.37. The summed E-state index contributed by atoms with van der Waals surface area (Å²) >= 11 is 1.32. The molecule has 0 aliphatic heterocycles. The molecule has 8 heteroatoms. The molecule has 31 heavy (non-hydrogen) atoms. The van der Waals surface area contributed by atoms with E-state index in [1.807, 2.05) is 34.9 Å². The molecule has 1 saturated carbocycles. The number of hydrogen-bond donors (Lipinski definition) is 2.